The normalized spacial score (nSPS) is 11.6. The zero-order valence-electron chi connectivity index (χ0n) is 10.6. The van der Waals surface area contributed by atoms with Crippen LogP contribution in [0.3, 0.4) is 0 Å². The molecule has 0 fully saturated rings. The molecule has 3 nitrogen and oxygen atoms in total. The van der Waals surface area contributed by atoms with E-state index in [4.69, 9.17) is 10.5 Å². The molecule has 1 aromatic rings. The van der Waals surface area contributed by atoms with E-state index in [9.17, 15) is 13.2 Å². The van der Waals surface area contributed by atoms with Crippen LogP contribution in [0.2, 0.25) is 0 Å². The second-order valence-corrected chi connectivity index (χ2v) is 4.06. The Morgan fingerprint density at radius 1 is 1.16 bits per heavy atom. The van der Waals surface area contributed by atoms with Gasteiger partial charge in [0.05, 0.1) is 13.2 Å². The number of hydrogen-bond acceptors (Lipinski definition) is 3. The quantitative estimate of drug-likeness (QED) is 0.743. The Kier molecular flexibility index (Phi) is 6.66. The monoisotopic (exact) mass is 277 g/mol. The van der Waals surface area contributed by atoms with Gasteiger partial charge in [0.25, 0.3) is 0 Å². The summed E-state index contributed by atoms with van der Waals surface area (Å²) < 4.78 is 45.2. The number of halogens is 3. The highest BCUT2D eigenvalue weighted by Gasteiger charge is 2.27. The molecule has 0 saturated heterocycles. The van der Waals surface area contributed by atoms with E-state index < -0.39 is 12.8 Å². The maximum Gasteiger partial charge on any atom is 0.411 e. The highest BCUT2D eigenvalue weighted by molar-refractivity contribution is 5.28. The van der Waals surface area contributed by atoms with Crippen molar-refractivity contribution >= 4 is 0 Å². The molecule has 19 heavy (non-hydrogen) atoms. The molecular weight excluding hydrogens is 259 g/mol. The van der Waals surface area contributed by atoms with Crippen molar-refractivity contribution in [1.82, 2.24) is 0 Å². The van der Waals surface area contributed by atoms with Crippen molar-refractivity contribution in [2.24, 2.45) is 5.73 Å². The molecule has 0 atom stereocenters. The lowest BCUT2D eigenvalue weighted by molar-refractivity contribution is -0.174. The molecular formula is C13H18F3NO2. The molecule has 1 rings (SSSR count). The Hall–Kier alpha value is -1.27. The van der Waals surface area contributed by atoms with E-state index in [0.29, 0.717) is 25.3 Å². The van der Waals surface area contributed by atoms with E-state index in [-0.39, 0.29) is 6.61 Å². The van der Waals surface area contributed by atoms with Gasteiger partial charge in [0.1, 0.15) is 12.4 Å². The first-order valence-electron chi connectivity index (χ1n) is 6.07. The van der Waals surface area contributed by atoms with Crippen LogP contribution in [0, 0.1) is 0 Å². The molecule has 0 saturated carbocycles. The Balaban J connectivity index is 2.17. The Morgan fingerprint density at radius 2 is 1.95 bits per heavy atom. The van der Waals surface area contributed by atoms with Crippen LogP contribution in [0.4, 0.5) is 13.2 Å². The third kappa shape index (κ3) is 7.69. The molecule has 2 N–H and O–H groups in total. The smallest absolute Gasteiger partial charge is 0.411 e. The Morgan fingerprint density at radius 3 is 2.63 bits per heavy atom. The third-order valence-electron chi connectivity index (χ3n) is 2.30. The van der Waals surface area contributed by atoms with Crippen molar-refractivity contribution in [1.29, 1.82) is 0 Å². The summed E-state index contributed by atoms with van der Waals surface area (Å²) in [7, 11) is 0. The van der Waals surface area contributed by atoms with E-state index in [0.717, 1.165) is 12.0 Å². The van der Waals surface area contributed by atoms with Crippen LogP contribution >= 0.6 is 0 Å². The molecule has 1 aromatic carbocycles. The predicted molar refractivity (Wildman–Crippen MR) is 66.2 cm³/mol. The van der Waals surface area contributed by atoms with Crippen molar-refractivity contribution in [2.45, 2.75) is 19.0 Å². The van der Waals surface area contributed by atoms with Gasteiger partial charge in [-0.05, 0) is 30.7 Å². The summed E-state index contributed by atoms with van der Waals surface area (Å²) in [6.07, 6.45) is -3.08. The van der Waals surface area contributed by atoms with Gasteiger partial charge in [-0.15, -0.1) is 0 Å². The van der Waals surface area contributed by atoms with Crippen LogP contribution in [0.15, 0.2) is 24.3 Å². The second-order valence-electron chi connectivity index (χ2n) is 4.06. The highest BCUT2D eigenvalue weighted by atomic mass is 19.4. The van der Waals surface area contributed by atoms with Gasteiger partial charge in [-0.25, -0.2) is 0 Å². The molecule has 0 aliphatic heterocycles. The van der Waals surface area contributed by atoms with Gasteiger partial charge in [0, 0.05) is 6.42 Å². The molecule has 6 heteroatoms. The summed E-state index contributed by atoms with van der Waals surface area (Å²) in [6, 6.07) is 7.49. The number of hydrogen-bond donors (Lipinski definition) is 1. The zero-order chi connectivity index (χ0) is 14.1. The average molecular weight is 277 g/mol. The Bertz CT molecular complexity index is 369. The first-order valence-corrected chi connectivity index (χ1v) is 6.07. The SMILES string of the molecule is NCCc1cccc(OCCCOCC(F)(F)F)c1. The fourth-order valence-electron chi connectivity index (χ4n) is 1.50. The Labute approximate surface area is 110 Å². The number of nitrogens with two attached hydrogens (primary N) is 1. The summed E-state index contributed by atoms with van der Waals surface area (Å²) in [5, 5.41) is 0. The van der Waals surface area contributed by atoms with E-state index in [1.54, 1.807) is 6.07 Å². The number of benzene rings is 1. The molecule has 0 radical (unpaired) electrons. The highest BCUT2D eigenvalue weighted by Crippen LogP contribution is 2.15. The van der Waals surface area contributed by atoms with Gasteiger partial charge in [-0.1, -0.05) is 12.1 Å². The van der Waals surface area contributed by atoms with Gasteiger partial charge in [0.2, 0.25) is 0 Å². The maximum atomic E-state index is 11.8. The maximum absolute atomic E-state index is 11.8. The lowest BCUT2D eigenvalue weighted by Gasteiger charge is -2.09. The molecule has 0 heterocycles. The molecule has 0 spiro atoms. The van der Waals surface area contributed by atoms with Crippen LogP contribution < -0.4 is 10.5 Å². The lowest BCUT2D eigenvalue weighted by atomic mass is 10.1. The fourth-order valence-corrected chi connectivity index (χ4v) is 1.50. The summed E-state index contributed by atoms with van der Waals surface area (Å²) >= 11 is 0. The van der Waals surface area contributed by atoms with Gasteiger partial charge in [-0.2, -0.15) is 13.2 Å². The van der Waals surface area contributed by atoms with E-state index in [2.05, 4.69) is 4.74 Å². The van der Waals surface area contributed by atoms with Crippen LogP contribution in [-0.4, -0.2) is 32.5 Å². The zero-order valence-corrected chi connectivity index (χ0v) is 10.6. The molecule has 0 bridgehead atoms. The first kappa shape index (κ1) is 15.8. The van der Waals surface area contributed by atoms with Crippen LogP contribution in [0.5, 0.6) is 5.75 Å². The standard InChI is InChI=1S/C13H18F3NO2/c14-13(15,16)10-18-7-2-8-19-12-4-1-3-11(9-12)5-6-17/h1,3-4,9H,2,5-8,10,17H2. The average Bonchev–Trinajstić information content (AvgIpc) is 2.33. The van der Waals surface area contributed by atoms with Crippen LogP contribution in [0.25, 0.3) is 0 Å². The van der Waals surface area contributed by atoms with Crippen molar-refractivity contribution in [3.05, 3.63) is 29.8 Å². The van der Waals surface area contributed by atoms with Gasteiger partial charge < -0.3 is 15.2 Å². The largest absolute Gasteiger partial charge is 0.493 e. The van der Waals surface area contributed by atoms with Crippen molar-refractivity contribution in [3.8, 4) is 5.75 Å². The van der Waals surface area contributed by atoms with Crippen molar-refractivity contribution in [3.63, 3.8) is 0 Å². The van der Waals surface area contributed by atoms with Crippen molar-refractivity contribution in [2.75, 3.05) is 26.4 Å². The topological polar surface area (TPSA) is 44.5 Å². The van der Waals surface area contributed by atoms with Gasteiger partial charge in [-0.3, -0.25) is 0 Å². The van der Waals surface area contributed by atoms with Gasteiger partial charge >= 0.3 is 6.18 Å². The minimum Gasteiger partial charge on any atom is -0.493 e. The number of rotatable bonds is 8. The van der Waals surface area contributed by atoms with E-state index >= 15 is 0 Å². The summed E-state index contributed by atoms with van der Waals surface area (Å²) in [5.41, 5.74) is 6.53. The number of alkyl halides is 3. The summed E-state index contributed by atoms with van der Waals surface area (Å²) in [4.78, 5) is 0. The summed E-state index contributed by atoms with van der Waals surface area (Å²) in [6.45, 7) is -0.292. The minimum atomic E-state index is -4.27. The molecule has 0 aliphatic carbocycles. The minimum absolute atomic E-state index is 0.0298. The molecule has 108 valence electrons. The second kappa shape index (κ2) is 8.01. The number of ether oxygens (including phenoxy) is 2. The summed E-state index contributed by atoms with van der Waals surface area (Å²) in [5.74, 6) is 0.696. The van der Waals surface area contributed by atoms with E-state index in [1.165, 1.54) is 0 Å². The first-order chi connectivity index (χ1) is 9.01. The molecule has 0 unspecified atom stereocenters. The van der Waals surface area contributed by atoms with Crippen molar-refractivity contribution < 1.29 is 22.6 Å². The van der Waals surface area contributed by atoms with Gasteiger partial charge in [0.15, 0.2) is 0 Å². The van der Waals surface area contributed by atoms with Crippen LogP contribution in [0.1, 0.15) is 12.0 Å². The molecule has 0 aromatic heterocycles. The predicted octanol–water partition coefficient (Wildman–Crippen LogP) is 2.54. The molecule has 0 aliphatic rings. The van der Waals surface area contributed by atoms with E-state index in [1.807, 2.05) is 18.2 Å². The third-order valence-corrected chi connectivity index (χ3v) is 2.30. The molecule has 0 amide bonds. The van der Waals surface area contributed by atoms with Crippen LogP contribution in [-0.2, 0) is 11.2 Å². The fraction of sp³-hybridized carbons (Fsp3) is 0.538. The lowest BCUT2D eigenvalue weighted by Crippen LogP contribution is -2.18.